The number of benzene rings is 1. The maximum atomic E-state index is 4.88. The number of ether oxygens (including phenoxy) is 1. The molecule has 0 aliphatic rings. The second kappa shape index (κ2) is 4.46. The molecule has 1 heterocycles. The van der Waals surface area contributed by atoms with E-state index in [1.54, 1.807) is 19.6 Å². The van der Waals surface area contributed by atoms with Gasteiger partial charge in [0.2, 0.25) is 0 Å². The first-order valence-electron chi connectivity index (χ1n) is 4.70. The highest BCUT2D eigenvalue weighted by atomic mass is 16.5. The maximum Gasteiger partial charge on any atom is 0.0846 e. The second-order valence-electron chi connectivity index (χ2n) is 3.04. The van der Waals surface area contributed by atoms with Gasteiger partial charge in [0, 0.05) is 0 Å². The molecular formula is C12H12N2O. The van der Waals surface area contributed by atoms with Crippen molar-refractivity contribution >= 4 is 6.08 Å². The number of hydrogen-bond acceptors (Lipinski definition) is 2. The van der Waals surface area contributed by atoms with E-state index >= 15 is 0 Å². The van der Waals surface area contributed by atoms with E-state index in [-0.39, 0.29) is 0 Å². The molecule has 3 heteroatoms. The Kier molecular flexibility index (Phi) is 2.83. The molecule has 3 nitrogen and oxygen atoms in total. The van der Waals surface area contributed by atoms with Gasteiger partial charge >= 0.3 is 0 Å². The molecule has 0 aliphatic carbocycles. The van der Waals surface area contributed by atoms with Gasteiger partial charge in [0.05, 0.1) is 31.0 Å². The van der Waals surface area contributed by atoms with Crippen LogP contribution >= 0.6 is 0 Å². The molecule has 0 N–H and O–H groups in total. The fourth-order valence-electron chi connectivity index (χ4n) is 1.36. The number of methoxy groups -OCH3 is 1. The Bertz CT molecular complexity index is 446. The molecule has 0 aliphatic heterocycles. The summed E-state index contributed by atoms with van der Waals surface area (Å²) in [5.74, 6) is 0. The molecule has 0 radical (unpaired) electrons. The third kappa shape index (κ3) is 2.07. The number of hydrogen-bond donors (Lipinski definition) is 0. The Morgan fingerprint density at radius 2 is 2.00 bits per heavy atom. The summed E-state index contributed by atoms with van der Waals surface area (Å²) in [6.07, 6.45) is 5.28. The minimum atomic E-state index is 0.989. The fraction of sp³-hybridized carbons (Fsp3) is 0.0833. The lowest BCUT2D eigenvalue weighted by Crippen LogP contribution is -1.97. The molecule has 0 unspecified atom stereocenters. The quantitative estimate of drug-likeness (QED) is 0.712. The van der Waals surface area contributed by atoms with Gasteiger partial charge in [-0.15, -0.1) is 0 Å². The summed E-state index contributed by atoms with van der Waals surface area (Å²) >= 11 is 0. The summed E-state index contributed by atoms with van der Waals surface area (Å²) in [6, 6.07) is 11.9. The average molecular weight is 200 g/mol. The zero-order valence-electron chi connectivity index (χ0n) is 8.50. The lowest BCUT2D eigenvalue weighted by atomic mass is 10.3. The summed E-state index contributed by atoms with van der Waals surface area (Å²) in [4.78, 5) is 0. The summed E-state index contributed by atoms with van der Waals surface area (Å²) in [6.45, 7) is 0. The highest BCUT2D eigenvalue weighted by Crippen LogP contribution is 2.10. The van der Waals surface area contributed by atoms with Crippen LogP contribution in [0.15, 0.2) is 48.9 Å². The van der Waals surface area contributed by atoms with Crippen LogP contribution in [0, 0.1) is 0 Å². The number of nitrogens with zero attached hydrogens (tertiary/aromatic N) is 2. The first-order chi connectivity index (χ1) is 7.42. The summed E-state index contributed by atoms with van der Waals surface area (Å²) in [7, 11) is 1.62. The second-order valence-corrected chi connectivity index (χ2v) is 3.04. The first kappa shape index (κ1) is 9.52. The molecule has 2 aromatic rings. The Morgan fingerprint density at radius 3 is 2.73 bits per heavy atom. The maximum absolute atomic E-state index is 4.88. The van der Waals surface area contributed by atoms with E-state index in [2.05, 4.69) is 5.10 Å². The van der Waals surface area contributed by atoms with Gasteiger partial charge in [-0.2, -0.15) is 5.10 Å². The van der Waals surface area contributed by atoms with Crippen LogP contribution in [-0.2, 0) is 4.74 Å². The van der Waals surface area contributed by atoms with Crippen molar-refractivity contribution in [3.05, 3.63) is 54.6 Å². The van der Waals surface area contributed by atoms with E-state index < -0.39 is 0 Å². The van der Waals surface area contributed by atoms with Crippen LogP contribution in [0.1, 0.15) is 5.69 Å². The van der Waals surface area contributed by atoms with Gasteiger partial charge in [0.1, 0.15) is 0 Å². The third-order valence-corrected chi connectivity index (χ3v) is 2.05. The van der Waals surface area contributed by atoms with Crippen molar-refractivity contribution in [3.8, 4) is 5.69 Å². The molecule has 0 spiro atoms. The lowest BCUT2D eigenvalue weighted by Gasteiger charge is -2.03. The van der Waals surface area contributed by atoms with Crippen LogP contribution in [0.2, 0.25) is 0 Å². The summed E-state index contributed by atoms with van der Waals surface area (Å²) in [5.41, 5.74) is 2.03. The number of aromatic nitrogens is 2. The molecule has 0 saturated heterocycles. The van der Waals surface area contributed by atoms with Gasteiger partial charge in [-0.1, -0.05) is 18.2 Å². The first-order valence-corrected chi connectivity index (χ1v) is 4.70. The standard InChI is InChI=1S/C12H12N2O/c1-15-10-8-12-7-9-13-14(12)11-5-3-2-4-6-11/h2-10H,1H3. The molecule has 0 amide bonds. The van der Waals surface area contributed by atoms with Crippen LogP contribution in [-0.4, -0.2) is 16.9 Å². The molecule has 0 bridgehead atoms. The van der Waals surface area contributed by atoms with Crippen molar-refractivity contribution in [2.24, 2.45) is 0 Å². The van der Waals surface area contributed by atoms with Gasteiger partial charge in [0.15, 0.2) is 0 Å². The SMILES string of the molecule is COC=Cc1ccnn1-c1ccccc1. The molecule has 15 heavy (non-hydrogen) atoms. The predicted molar refractivity (Wildman–Crippen MR) is 59.6 cm³/mol. The number of para-hydroxylation sites is 1. The van der Waals surface area contributed by atoms with Crippen molar-refractivity contribution in [1.29, 1.82) is 0 Å². The smallest absolute Gasteiger partial charge is 0.0846 e. The van der Waals surface area contributed by atoms with E-state index in [9.17, 15) is 0 Å². The summed E-state index contributed by atoms with van der Waals surface area (Å²) < 4.78 is 6.74. The Labute approximate surface area is 88.6 Å². The van der Waals surface area contributed by atoms with Crippen LogP contribution in [0.3, 0.4) is 0 Å². The fourth-order valence-corrected chi connectivity index (χ4v) is 1.36. The van der Waals surface area contributed by atoms with Crippen molar-refractivity contribution in [2.45, 2.75) is 0 Å². The Balaban J connectivity index is 2.37. The van der Waals surface area contributed by atoms with E-state index in [1.807, 2.05) is 47.2 Å². The normalized spacial score (nSPS) is 10.7. The third-order valence-electron chi connectivity index (χ3n) is 2.05. The van der Waals surface area contributed by atoms with Crippen LogP contribution in [0.25, 0.3) is 11.8 Å². The van der Waals surface area contributed by atoms with Crippen molar-refractivity contribution in [1.82, 2.24) is 9.78 Å². The van der Waals surface area contributed by atoms with E-state index in [1.165, 1.54) is 0 Å². The van der Waals surface area contributed by atoms with Gasteiger partial charge in [-0.3, -0.25) is 0 Å². The Morgan fingerprint density at radius 1 is 1.20 bits per heavy atom. The van der Waals surface area contributed by atoms with Crippen molar-refractivity contribution in [3.63, 3.8) is 0 Å². The molecule has 1 aromatic carbocycles. The molecule has 1 aromatic heterocycles. The summed E-state index contributed by atoms with van der Waals surface area (Å²) in [5, 5.41) is 4.25. The topological polar surface area (TPSA) is 27.1 Å². The molecular weight excluding hydrogens is 188 g/mol. The molecule has 0 fully saturated rings. The highest BCUT2D eigenvalue weighted by molar-refractivity contribution is 5.47. The molecule has 0 saturated carbocycles. The Hall–Kier alpha value is -2.03. The van der Waals surface area contributed by atoms with Gasteiger partial charge in [-0.05, 0) is 24.3 Å². The minimum absolute atomic E-state index is 0.989. The average Bonchev–Trinajstić information content (AvgIpc) is 2.75. The zero-order valence-corrected chi connectivity index (χ0v) is 8.50. The minimum Gasteiger partial charge on any atom is -0.504 e. The van der Waals surface area contributed by atoms with E-state index in [0.29, 0.717) is 0 Å². The van der Waals surface area contributed by atoms with Crippen molar-refractivity contribution in [2.75, 3.05) is 7.11 Å². The zero-order chi connectivity index (χ0) is 10.5. The molecule has 0 atom stereocenters. The van der Waals surface area contributed by atoms with E-state index in [0.717, 1.165) is 11.4 Å². The van der Waals surface area contributed by atoms with Crippen molar-refractivity contribution < 1.29 is 4.74 Å². The van der Waals surface area contributed by atoms with Crippen LogP contribution in [0.5, 0.6) is 0 Å². The van der Waals surface area contributed by atoms with Gasteiger partial charge < -0.3 is 4.74 Å². The predicted octanol–water partition coefficient (Wildman–Crippen LogP) is 2.49. The van der Waals surface area contributed by atoms with Crippen LogP contribution in [0.4, 0.5) is 0 Å². The monoisotopic (exact) mass is 200 g/mol. The van der Waals surface area contributed by atoms with E-state index in [4.69, 9.17) is 4.74 Å². The molecule has 2 rings (SSSR count). The highest BCUT2D eigenvalue weighted by Gasteiger charge is 2.00. The van der Waals surface area contributed by atoms with Gasteiger partial charge in [0.25, 0.3) is 0 Å². The largest absolute Gasteiger partial charge is 0.504 e. The molecule has 76 valence electrons. The van der Waals surface area contributed by atoms with Gasteiger partial charge in [-0.25, -0.2) is 4.68 Å². The lowest BCUT2D eigenvalue weighted by molar-refractivity contribution is 0.341. The number of rotatable bonds is 3. The van der Waals surface area contributed by atoms with Crippen LogP contribution < -0.4 is 0 Å².